The first-order chi connectivity index (χ1) is 29.8. The number of nitrogens with zero attached hydrogens (tertiary/aromatic N) is 5. The molecule has 6 aromatic rings. The van der Waals surface area contributed by atoms with Gasteiger partial charge in [-0.15, -0.1) is 11.5 Å². The number of nitro benzene ring substituents is 1. The number of nitrogens with one attached hydrogen (secondary N) is 1. The Balaban J connectivity index is 1.17. The van der Waals surface area contributed by atoms with Crippen LogP contribution in [0, 0.1) is 93.7 Å². The Morgan fingerprint density at radius 1 is 0.820 bits per heavy atom. The van der Waals surface area contributed by atoms with Crippen LogP contribution < -0.4 is 19.5 Å². The normalized spacial score (nSPS) is 9.38. The summed E-state index contributed by atoms with van der Waals surface area (Å²) in [5, 5.41) is 39.6. The summed E-state index contributed by atoms with van der Waals surface area (Å²) in [6.07, 6.45) is 7.43. The van der Waals surface area contributed by atoms with Crippen LogP contribution in [-0.2, 0) is 12.3 Å². The minimum Gasteiger partial charge on any atom is -0.506 e. The largest absolute Gasteiger partial charge is 0.506 e. The maximum atomic E-state index is 13.7. The average molecular weight is 819 g/mol. The van der Waals surface area contributed by atoms with Crippen molar-refractivity contribution in [2.45, 2.75) is 17.5 Å². The highest BCUT2D eigenvalue weighted by atomic mass is 32.2. The summed E-state index contributed by atoms with van der Waals surface area (Å²) >= 11 is 1.31. The van der Waals surface area contributed by atoms with Crippen molar-refractivity contribution in [3.8, 4) is 112 Å². The molecule has 13 nitrogen and oxygen atoms in total. The van der Waals surface area contributed by atoms with Crippen LogP contribution in [0.3, 0.4) is 0 Å². The molecule has 1 amide bonds. The fraction of sp³-hybridized carbons (Fsp3) is 0.0638. The lowest BCUT2D eigenvalue weighted by atomic mass is 10.0. The van der Waals surface area contributed by atoms with Crippen LogP contribution >= 0.6 is 11.8 Å². The van der Waals surface area contributed by atoms with E-state index < -0.39 is 10.8 Å². The Kier molecular flexibility index (Phi) is 14.1. The second kappa shape index (κ2) is 20.8. The van der Waals surface area contributed by atoms with Gasteiger partial charge in [0.2, 0.25) is 10.9 Å². The number of aromatic hydroxyl groups is 1. The molecule has 0 saturated heterocycles. The summed E-state index contributed by atoms with van der Waals surface area (Å²) < 4.78 is 18.5. The van der Waals surface area contributed by atoms with Crippen molar-refractivity contribution in [2.24, 2.45) is 0 Å². The number of methoxy groups -OCH3 is 1. The molecule has 1 aromatic heterocycles. The van der Waals surface area contributed by atoms with E-state index in [1.807, 2.05) is 24.3 Å². The molecule has 14 heteroatoms. The quantitative estimate of drug-likeness (QED) is 0.0576. The van der Waals surface area contributed by atoms with Gasteiger partial charge in [0.05, 0.1) is 29.8 Å². The number of carbonyl (C=O) groups excluding carboxylic acids is 1. The van der Waals surface area contributed by atoms with E-state index >= 15 is 0 Å². The van der Waals surface area contributed by atoms with Crippen molar-refractivity contribution in [3.05, 3.63) is 124 Å². The molecule has 0 bridgehead atoms. The van der Waals surface area contributed by atoms with Gasteiger partial charge in [0.1, 0.15) is 23.4 Å². The number of phenols is 1. The van der Waals surface area contributed by atoms with Gasteiger partial charge in [-0.2, -0.15) is 0 Å². The number of nitro groups is 1. The number of fused-ring (bicyclic) bond motifs is 1. The number of hydrogen-bond donors (Lipinski definition) is 2. The van der Waals surface area contributed by atoms with Crippen LogP contribution in [0.15, 0.2) is 102 Å². The topological polar surface area (TPSA) is 164 Å². The van der Waals surface area contributed by atoms with Gasteiger partial charge >= 0.3 is 5.69 Å². The molecule has 0 aliphatic heterocycles. The van der Waals surface area contributed by atoms with Gasteiger partial charge in [-0.05, 0) is 93.5 Å². The maximum Gasteiger partial charge on any atom is 0.311 e. The third kappa shape index (κ3) is 11.2. The highest BCUT2D eigenvalue weighted by Crippen LogP contribution is 2.41. The first-order valence-corrected chi connectivity index (χ1v) is 18.6. The van der Waals surface area contributed by atoms with Gasteiger partial charge in [-0.25, -0.2) is 4.68 Å². The number of thioether (sulfide) groups is 1. The lowest BCUT2D eigenvalue weighted by Gasteiger charge is -2.15. The number of ether oxygens (including phenoxy) is 3. The molecule has 0 spiro atoms. The molecule has 61 heavy (non-hydrogen) atoms. The van der Waals surface area contributed by atoms with E-state index in [1.54, 1.807) is 66.4 Å². The Morgan fingerprint density at radius 3 is 2.18 bits per heavy atom. The summed E-state index contributed by atoms with van der Waals surface area (Å²) in [6, 6.07) is 26.5. The Labute approximate surface area is 354 Å². The molecule has 5 aromatic carbocycles. The van der Waals surface area contributed by atoms with Crippen molar-refractivity contribution in [3.63, 3.8) is 0 Å². The number of para-hydroxylation sites is 2. The molecule has 0 unspecified atom stereocenters. The van der Waals surface area contributed by atoms with E-state index in [0.29, 0.717) is 28.4 Å². The monoisotopic (exact) mass is 818 g/mol. The standard InChI is InChI=1S/C47H26N6O7S/c1-3-4-5-6-7-8-9-10-11-12-13-18-29-59-42-22-17-16-21-40(42)48-46(55)39-31-44(37-19-14-15-20-38(37)45(39)54)60-43-28-25-35(30-41(43)53(56)57)33-61-47-49-50-51-52(47)32-34-23-26-36(58-2)27-24-34/h1,14-17,19-28,30-31,54H,32-33H2,2H3,(H,48,55). The molecule has 0 saturated carbocycles. The number of tetrazole rings is 1. The summed E-state index contributed by atoms with van der Waals surface area (Å²) in [4.78, 5) is 25.5. The number of phenolic OH excluding ortho intramolecular Hbond substituents is 1. The zero-order valence-corrected chi connectivity index (χ0v) is 32.6. The molecular formula is C47H26N6O7S. The summed E-state index contributed by atoms with van der Waals surface area (Å²) in [6.45, 7) is 0.413. The van der Waals surface area contributed by atoms with Gasteiger partial charge in [0.15, 0.2) is 5.75 Å². The van der Waals surface area contributed by atoms with E-state index in [2.05, 4.69) is 98.0 Å². The van der Waals surface area contributed by atoms with Gasteiger partial charge in [0.25, 0.3) is 5.91 Å². The molecular weight excluding hydrogens is 793 g/mol. The van der Waals surface area contributed by atoms with E-state index in [0.717, 1.165) is 11.3 Å². The number of rotatable bonds is 12. The molecule has 292 valence electrons. The van der Waals surface area contributed by atoms with Crippen LogP contribution in [0.5, 0.6) is 28.7 Å². The zero-order chi connectivity index (χ0) is 42.8. The second-order valence-corrected chi connectivity index (χ2v) is 12.8. The number of benzene rings is 5. The Morgan fingerprint density at radius 2 is 1.48 bits per heavy atom. The molecule has 0 aliphatic carbocycles. The molecule has 0 radical (unpaired) electrons. The highest BCUT2D eigenvalue weighted by molar-refractivity contribution is 7.98. The molecule has 0 atom stereocenters. The fourth-order valence-corrected chi connectivity index (χ4v) is 6.13. The molecule has 0 aliphatic rings. The number of terminal acetylenes is 1. The van der Waals surface area contributed by atoms with E-state index in [9.17, 15) is 20.0 Å². The maximum absolute atomic E-state index is 13.7. The average Bonchev–Trinajstić information content (AvgIpc) is 3.72. The van der Waals surface area contributed by atoms with Gasteiger partial charge in [0, 0.05) is 58.1 Å². The Hall–Kier alpha value is -9.23. The molecule has 2 N–H and O–H groups in total. The summed E-state index contributed by atoms with van der Waals surface area (Å²) in [7, 11) is 1.59. The summed E-state index contributed by atoms with van der Waals surface area (Å²) in [5.41, 5.74) is 1.31. The minimum absolute atomic E-state index is 0.0822. The SMILES string of the molecule is C#CC#CC#CC#CC#CC#CC#COc1ccccc1NC(=O)c1cc(Oc2ccc(CSc3nnnn3Cc3ccc(OC)cc3)cc2[N+](=O)[O-])c2ccccc2c1O. The van der Waals surface area contributed by atoms with Gasteiger partial charge in [-0.1, -0.05) is 66.4 Å². The first-order valence-electron chi connectivity index (χ1n) is 17.6. The zero-order valence-electron chi connectivity index (χ0n) is 31.8. The smallest absolute Gasteiger partial charge is 0.311 e. The Bertz CT molecular complexity index is 3100. The third-order valence-corrected chi connectivity index (χ3v) is 9.09. The van der Waals surface area contributed by atoms with Gasteiger partial charge in [-0.3, -0.25) is 14.9 Å². The van der Waals surface area contributed by atoms with E-state index in [1.165, 1.54) is 30.0 Å². The predicted molar refractivity (Wildman–Crippen MR) is 229 cm³/mol. The molecule has 1 heterocycles. The van der Waals surface area contributed by atoms with Crippen molar-refractivity contribution in [2.75, 3.05) is 12.4 Å². The highest BCUT2D eigenvalue weighted by Gasteiger charge is 2.23. The molecule has 6 rings (SSSR count). The lowest BCUT2D eigenvalue weighted by molar-refractivity contribution is -0.385. The van der Waals surface area contributed by atoms with Crippen LogP contribution in [0.25, 0.3) is 10.8 Å². The van der Waals surface area contributed by atoms with Crippen molar-refractivity contribution in [1.82, 2.24) is 20.2 Å². The number of anilines is 1. The van der Waals surface area contributed by atoms with Crippen molar-refractivity contribution >= 4 is 39.8 Å². The van der Waals surface area contributed by atoms with Crippen LogP contribution in [0.2, 0.25) is 0 Å². The fourth-order valence-electron chi connectivity index (χ4n) is 5.31. The predicted octanol–water partition coefficient (Wildman–Crippen LogP) is 6.82. The van der Waals surface area contributed by atoms with Crippen LogP contribution in [0.1, 0.15) is 21.5 Å². The number of aromatic nitrogens is 4. The van der Waals surface area contributed by atoms with Gasteiger partial charge < -0.3 is 24.6 Å². The van der Waals surface area contributed by atoms with Crippen LogP contribution in [0.4, 0.5) is 11.4 Å². The minimum atomic E-state index is -0.725. The van der Waals surface area contributed by atoms with Crippen molar-refractivity contribution in [1.29, 1.82) is 0 Å². The summed E-state index contributed by atoms with van der Waals surface area (Å²) in [5.74, 6) is 29.4. The van der Waals surface area contributed by atoms with Crippen LogP contribution in [-0.4, -0.2) is 43.3 Å². The molecule has 0 fully saturated rings. The third-order valence-electron chi connectivity index (χ3n) is 8.07. The second-order valence-electron chi connectivity index (χ2n) is 11.9. The lowest BCUT2D eigenvalue weighted by Crippen LogP contribution is -2.13. The first kappa shape index (κ1) is 41.4. The van der Waals surface area contributed by atoms with Crippen molar-refractivity contribution < 1.29 is 29.0 Å². The van der Waals surface area contributed by atoms with E-state index in [4.69, 9.17) is 20.6 Å². The number of amides is 1. The van der Waals surface area contributed by atoms with E-state index in [-0.39, 0.29) is 45.3 Å². The number of carbonyl (C=O) groups is 1. The number of hydrogen-bond acceptors (Lipinski definition) is 11.